The van der Waals surface area contributed by atoms with Crippen LogP contribution in [0, 0.1) is 5.82 Å². The molecule has 3 aromatic rings. The molecule has 0 saturated carbocycles. The number of likely N-dealkylation sites (N-methyl/N-ethyl adjacent to an activating group) is 1. The molecule has 1 amide bonds. The molecule has 3 rings (SSSR count). The van der Waals surface area contributed by atoms with E-state index in [1.165, 1.54) is 17.5 Å². The van der Waals surface area contributed by atoms with E-state index in [-0.39, 0.29) is 18.3 Å². The summed E-state index contributed by atoms with van der Waals surface area (Å²) in [6, 6.07) is 20.0. The molecule has 3 aromatic carbocycles. The molecule has 24 heavy (non-hydrogen) atoms. The van der Waals surface area contributed by atoms with E-state index in [0.29, 0.717) is 12.3 Å². The average Bonchev–Trinajstić information content (AvgIpc) is 2.59. The molecule has 0 spiro atoms. The second-order valence-corrected chi connectivity index (χ2v) is 5.68. The Bertz CT molecular complexity index is 863. The zero-order valence-corrected chi connectivity index (χ0v) is 13.4. The predicted molar refractivity (Wildman–Crippen MR) is 92.3 cm³/mol. The monoisotopic (exact) mass is 323 g/mol. The molecular formula is C20H18FNO2. The number of halogens is 1. The third kappa shape index (κ3) is 3.90. The third-order valence-corrected chi connectivity index (χ3v) is 3.82. The number of fused-ring (bicyclic) bond motifs is 1. The Morgan fingerprint density at radius 1 is 1.00 bits per heavy atom. The fourth-order valence-corrected chi connectivity index (χ4v) is 2.51. The van der Waals surface area contributed by atoms with Crippen LogP contribution in [0.15, 0.2) is 66.7 Å². The predicted octanol–water partition coefficient (Wildman–Crippen LogP) is 4.02. The maximum Gasteiger partial charge on any atom is 0.260 e. The van der Waals surface area contributed by atoms with E-state index in [9.17, 15) is 9.18 Å². The van der Waals surface area contributed by atoms with Crippen LogP contribution in [0.4, 0.5) is 4.39 Å². The van der Waals surface area contributed by atoms with Crippen LogP contribution >= 0.6 is 0 Å². The minimum atomic E-state index is -0.385. The maximum absolute atomic E-state index is 13.1. The number of benzene rings is 3. The lowest BCUT2D eigenvalue weighted by atomic mass is 10.1. The molecular weight excluding hydrogens is 305 g/mol. The zero-order chi connectivity index (χ0) is 16.9. The number of ether oxygens (including phenoxy) is 1. The largest absolute Gasteiger partial charge is 0.484 e. The summed E-state index contributed by atoms with van der Waals surface area (Å²) in [6.07, 6.45) is 0. The molecule has 0 fully saturated rings. The van der Waals surface area contributed by atoms with E-state index in [0.717, 1.165) is 10.9 Å². The van der Waals surface area contributed by atoms with Crippen LogP contribution in [0.1, 0.15) is 5.56 Å². The molecule has 0 aliphatic heterocycles. The van der Waals surface area contributed by atoms with Crippen LogP contribution in [-0.4, -0.2) is 24.5 Å². The van der Waals surface area contributed by atoms with E-state index in [2.05, 4.69) is 12.1 Å². The highest BCUT2D eigenvalue weighted by Gasteiger charge is 2.11. The molecule has 0 unspecified atom stereocenters. The van der Waals surface area contributed by atoms with Gasteiger partial charge in [-0.3, -0.25) is 4.79 Å². The van der Waals surface area contributed by atoms with Crippen molar-refractivity contribution in [1.29, 1.82) is 0 Å². The van der Waals surface area contributed by atoms with Crippen molar-refractivity contribution in [2.24, 2.45) is 0 Å². The fourth-order valence-electron chi connectivity index (χ4n) is 2.51. The average molecular weight is 323 g/mol. The Labute approximate surface area is 140 Å². The van der Waals surface area contributed by atoms with Gasteiger partial charge in [0.15, 0.2) is 6.61 Å². The SMILES string of the molecule is CN(Cc1ccc2ccccc2c1)C(=O)COc1cccc(F)c1. The number of hydrogen-bond acceptors (Lipinski definition) is 2. The molecule has 0 N–H and O–H groups in total. The minimum Gasteiger partial charge on any atom is -0.484 e. The third-order valence-electron chi connectivity index (χ3n) is 3.82. The van der Waals surface area contributed by atoms with Gasteiger partial charge in [-0.2, -0.15) is 0 Å². The van der Waals surface area contributed by atoms with Crippen molar-refractivity contribution >= 4 is 16.7 Å². The quantitative estimate of drug-likeness (QED) is 0.710. The molecule has 0 saturated heterocycles. The first-order valence-electron chi connectivity index (χ1n) is 7.72. The summed E-state index contributed by atoms with van der Waals surface area (Å²) < 4.78 is 18.4. The molecule has 4 heteroatoms. The second kappa shape index (κ2) is 7.13. The van der Waals surface area contributed by atoms with Gasteiger partial charge >= 0.3 is 0 Å². The van der Waals surface area contributed by atoms with Crippen molar-refractivity contribution < 1.29 is 13.9 Å². The summed E-state index contributed by atoms with van der Waals surface area (Å²) in [6.45, 7) is 0.379. The van der Waals surface area contributed by atoms with Crippen LogP contribution in [0.3, 0.4) is 0 Å². The normalized spacial score (nSPS) is 10.6. The van der Waals surface area contributed by atoms with Crippen molar-refractivity contribution in [3.8, 4) is 5.75 Å². The first-order chi connectivity index (χ1) is 11.6. The highest BCUT2D eigenvalue weighted by atomic mass is 19.1. The summed E-state index contributed by atoms with van der Waals surface area (Å²) >= 11 is 0. The molecule has 0 aromatic heterocycles. The van der Waals surface area contributed by atoms with Gasteiger partial charge in [-0.25, -0.2) is 4.39 Å². The molecule has 0 heterocycles. The molecule has 122 valence electrons. The lowest BCUT2D eigenvalue weighted by molar-refractivity contribution is -0.132. The van der Waals surface area contributed by atoms with Crippen LogP contribution in [0.25, 0.3) is 10.8 Å². The Kier molecular flexibility index (Phi) is 4.75. The lowest BCUT2D eigenvalue weighted by Crippen LogP contribution is -2.30. The molecule has 0 bridgehead atoms. The smallest absolute Gasteiger partial charge is 0.260 e. The van der Waals surface area contributed by atoms with Crippen LogP contribution in [0.2, 0.25) is 0 Å². The van der Waals surface area contributed by atoms with Gasteiger partial charge < -0.3 is 9.64 Å². The van der Waals surface area contributed by atoms with Gasteiger partial charge in [0.25, 0.3) is 5.91 Å². The van der Waals surface area contributed by atoms with E-state index in [1.54, 1.807) is 24.1 Å². The van der Waals surface area contributed by atoms with Gasteiger partial charge in [0, 0.05) is 19.7 Å². The summed E-state index contributed by atoms with van der Waals surface area (Å²) in [5.41, 5.74) is 1.05. The van der Waals surface area contributed by atoms with Gasteiger partial charge in [0.05, 0.1) is 0 Å². The first kappa shape index (κ1) is 16.0. The van der Waals surface area contributed by atoms with E-state index >= 15 is 0 Å². The van der Waals surface area contributed by atoms with Crippen LogP contribution in [0.5, 0.6) is 5.75 Å². The summed E-state index contributed by atoms with van der Waals surface area (Å²) in [5, 5.41) is 2.32. The zero-order valence-electron chi connectivity index (χ0n) is 13.4. The van der Waals surface area contributed by atoms with Crippen molar-refractivity contribution in [1.82, 2.24) is 4.90 Å². The van der Waals surface area contributed by atoms with Crippen molar-refractivity contribution in [3.05, 3.63) is 78.1 Å². The van der Waals surface area contributed by atoms with Crippen molar-refractivity contribution in [3.63, 3.8) is 0 Å². The topological polar surface area (TPSA) is 29.5 Å². The van der Waals surface area contributed by atoms with Crippen LogP contribution < -0.4 is 4.74 Å². The van der Waals surface area contributed by atoms with E-state index in [4.69, 9.17) is 4.74 Å². The Morgan fingerprint density at radius 2 is 1.79 bits per heavy atom. The Balaban J connectivity index is 1.60. The number of nitrogens with zero attached hydrogens (tertiary/aromatic N) is 1. The Morgan fingerprint density at radius 3 is 2.58 bits per heavy atom. The summed E-state index contributed by atoms with van der Waals surface area (Å²) in [7, 11) is 1.73. The van der Waals surface area contributed by atoms with E-state index in [1.807, 2.05) is 30.3 Å². The van der Waals surface area contributed by atoms with E-state index < -0.39 is 0 Å². The van der Waals surface area contributed by atoms with Gasteiger partial charge in [-0.05, 0) is 34.5 Å². The second-order valence-electron chi connectivity index (χ2n) is 5.68. The van der Waals surface area contributed by atoms with Gasteiger partial charge in [-0.15, -0.1) is 0 Å². The van der Waals surface area contributed by atoms with Crippen molar-refractivity contribution in [2.75, 3.05) is 13.7 Å². The highest BCUT2D eigenvalue weighted by molar-refractivity contribution is 5.83. The molecule has 0 aliphatic carbocycles. The Hall–Kier alpha value is -2.88. The first-order valence-corrected chi connectivity index (χ1v) is 7.72. The fraction of sp³-hybridized carbons (Fsp3) is 0.150. The standard InChI is InChI=1S/C20H18FNO2/c1-22(20(23)14-24-19-8-4-7-18(21)12-19)13-15-9-10-16-5-2-3-6-17(16)11-15/h2-12H,13-14H2,1H3. The number of hydrogen-bond donors (Lipinski definition) is 0. The number of rotatable bonds is 5. The molecule has 0 radical (unpaired) electrons. The maximum atomic E-state index is 13.1. The lowest BCUT2D eigenvalue weighted by Gasteiger charge is -2.18. The number of carbonyl (C=O) groups is 1. The van der Waals surface area contributed by atoms with Gasteiger partial charge in [0.1, 0.15) is 11.6 Å². The van der Waals surface area contributed by atoms with Gasteiger partial charge in [0.2, 0.25) is 0 Å². The summed E-state index contributed by atoms with van der Waals surface area (Å²) in [4.78, 5) is 13.8. The molecule has 0 aliphatic rings. The highest BCUT2D eigenvalue weighted by Crippen LogP contribution is 2.17. The molecule has 0 atom stereocenters. The van der Waals surface area contributed by atoms with Gasteiger partial charge in [-0.1, -0.05) is 42.5 Å². The number of carbonyl (C=O) groups excluding carboxylic acids is 1. The minimum absolute atomic E-state index is 0.118. The van der Waals surface area contributed by atoms with Crippen LogP contribution in [-0.2, 0) is 11.3 Å². The molecule has 3 nitrogen and oxygen atoms in total. The van der Waals surface area contributed by atoms with Crippen molar-refractivity contribution in [2.45, 2.75) is 6.54 Å². The summed E-state index contributed by atoms with van der Waals surface area (Å²) in [5.74, 6) is -0.195. The number of amides is 1.